The zero-order valence-corrected chi connectivity index (χ0v) is 8.88. The molecule has 0 aromatic carbocycles. The van der Waals surface area contributed by atoms with Crippen LogP contribution in [0.2, 0.25) is 0 Å². The van der Waals surface area contributed by atoms with Gasteiger partial charge in [-0.15, -0.1) is 0 Å². The summed E-state index contributed by atoms with van der Waals surface area (Å²) >= 11 is 0. The molecule has 1 aliphatic rings. The molecule has 5 heteroatoms. The normalized spacial score (nSPS) is 23.6. The van der Waals surface area contributed by atoms with E-state index >= 15 is 0 Å². The topological polar surface area (TPSA) is 54.9 Å². The summed E-state index contributed by atoms with van der Waals surface area (Å²) in [6.45, 7) is 3.64. The van der Waals surface area contributed by atoms with Crippen molar-refractivity contribution in [1.29, 1.82) is 0 Å². The summed E-state index contributed by atoms with van der Waals surface area (Å²) in [6.07, 6.45) is 2.61. The van der Waals surface area contributed by atoms with Crippen LogP contribution in [0.4, 0.5) is 0 Å². The quantitative estimate of drug-likeness (QED) is 0.713. The molecule has 0 spiro atoms. The van der Waals surface area contributed by atoms with Gasteiger partial charge in [0.05, 0.1) is 16.0 Å². The Morgan fingerprint density at radius 3 is 3.14 bits per heavy atom. The van der Waals surface area contributed by atoms with Gasteiger partial charge < -0.3 is 5.32 Å². The van der Waals surface area contributed by atoms with Gasteiger partial charge in [-0.3, -0.25) is 4.21 Å². The fraction of sp³-hybridized carbons (Fsp3) is 0.556. The summed E-state index contributed by atoms with van der Waals surface area (Å²) in [5, 5.41) is 3.84. The summed E-state index contributed by atoms with van der Waals surface area (Å²) in [5.74, 6) is 0. The van der Waals surface area contributed by atoms with Crippen LogP contribution in [0.25, 0.3) is 0 Å². The molecule has 4 nitrogen and oxygen atoms in total. The first-order valence-corrected chi connectivity index (χ1v) is 5.89. The van der Waals surface area contributed by atoms with Crippen molar-refractivity contribution in [2.45, 2.75) is 23.8 Å². The molecular formula is C9H13N3OS. The van der Waals surface area contributed by atoms with Crippen LogP contribution in [0.5, 0.6) is 0 Å². The van der Waals surface area contributed by atoms with E-state index in [0.717, 1.165) is 25.2 Å². The van der Waals surface area contributed by atoms with Gasteiger partial charge in [-0.05, 0) is 26.0 Å². The van der Waals surface area contributed by atoms with Crippen LogP contribution in [0, 0.1) is 6.92 Å². The first-order chi connectivity index (χ1) is 6.77. The lowest BCUT2D eigenvalue weighted by atomic mass is 10.4. The summed E-state index contributed by atoms with van der Waals surface area (Å²) < 4.78 is 11.9. The summed E-state index contributed by atoms with van der Waals surface area (Å²) in [7, 11) is -1.05. The first kappa shape index (κ1) is 9.73. The zero-order chi connectivity index (χ0) is 9.97. The minimum Gasteiger partial charge on any atom is -0.315 e. The highest BCUT2D eigenvalue weighted by molar-refractivity contribution is 7.85. The largest absolute Gasteiger partial charge is 0.315 e. The van der Waals surface area contributed by atoms with Gasteiger partial charge in [0.15, 0.2) is 0 Å². The molecule has 1 aliphatic heterocycles. The summed E-state index contributed by atoms with van der Waals surface area (Å²) in [6, 6.07) is 1.81. The standard InChI is InChI=1S/C9H13N3OS/c1-7-2-5-11-9(12-7)14(13)8-3-4-10-6-8/h2,5,8,10H,3-4,6H2,1H3/t8-,14-/m0/s1. The second-order valence-corrected chi connectivity index (χ2v) is 5.02. The lowest BCUT2D eigenvalue weighted by molar-refractivity contribution is 0.663. The molecule has 76 valence electrons. The molecule has 1 fully saturated rings. The molecule has 0 amide bonds. The predicted octanol–water partition coefficient (Wildman–Crippen LogP) is 0.255. The van der Waals surface area contributed by atoms with Crippen LogP contribution in [0.1, 0.15) is 12.1 Å². The van der Waals surface area contributed by atoms with Gasteiger partial charge in [0.25, 0.3) is 0 Å². The molecule has 0 aliphatic carbocycles. The number of aryl methyl sites for hydroxylation is 1. The molecule has 2 atom stereocenters. The molecule has 0 bridgehead atoms. The Hall–Kier alpha value is -0.810. The third-order valence-electron chi connectivity index (χ3n) is 2.27. The van der Waals surface area contributed by atoms with E-state index in [0.29, 0.717) is 5.16 Å². The molecule has 1 aromatic heterocycles. The number of hydrogen-bond acceptors (Lipinski definition) is 4. The van der Waals surface area contributed by atoms with Gasteiger partial charge >= 0.3 is 0 Å². The number of nitrogens with zero attached hydrogens (tertiary/aromatic N) is 2. The van der Waals surface area contributed by atoms with E-state index < -0.39 is 10.8 Å². The molecular weight excluding hydrogens is 198 g/mol. The second kappa shape index (κ2) is 4.14. The average molecular weight is 211 g/mol. The van der Waals surface area contributed by atoms with E-state index in [1.807, 2.05) is 13.0 Å². The van der Waals surface area contributed by atoms with Crippen molar-refractivity contribution in [2.75, 3.05) is 13.1 Å². The molecule has 0 saturated carbocycles. The maximum Gasteiger partial charge on any atom is 0.218 e. The van der Waals surface area contributed by atoms with E-state index in [4.69, 9.17) is 0 Å². The van der Waals surface area contributed by atoms with Crippen LogP contribution in [0.15, 0.2) is 17.4 Å². The summed E-state index contributed by atoms with van der Waals surface area (Å²) in [4.78, 5) is 8.22. The van der Waals surface area contributed by atoms with Crippen LogP contribution in [-0.4, -0.2) is 32.5 Å². The van der Waals surface area contributed by atoms with E-state index in [1.165, 1.54) is 0 Å². The SMILES string of the molecule is Cc1ccnc([S@@](=O)[C@H]2CCNC2)n1. The van der Waals surface area contributed by atoms with Crippen molar-refractivity contribution in [3.05, 3.63) is 18.0 Å². The molecule has 1 saturated heterocycles. The maximum absolute atomic E-state index is 11.9. The Kier molecular flexibility index (Phi) is 2.88. The molecule has 0 unspecified atom stereocenters. The minimum absolute atomic E-state index is 0.178. The Morgan fingerprint density at radius 2 is 2.50 bits per heavy atom. The lowest BCUT2D eigenvalue weighted by Crippen LogP contribution is -2.20. The van der Waals surface area contributed by atoms with E-state index in [9.17, 15) is 4.21 Å². The van der Waals surface area contributed by atoms with E-state index in [2.05, 4.69) is 15.3 Å². The van der Waals surface area contributed by atoms with Crippen LogP contribution >= 0.6 is 0 Å². The van der Waals surface area contributed by atoms with Gasteiger partial charge in [-0.1, -0.05) is 0 Å². The molecule has 2 heterocycles. The van der Waals surface area contributed by atoms with Crippen molar-refractivity contribution in [2.24, 2.45) is 0 Å². The zero-order valence-electron chi connectivity index (χ0n) is 8.06. The molecule has 14 heavy (non-hydrogen) atoms. The Morgan fingerprint density at radius 1 is 1.64 bits per heavy atom. The van der Waals surface area contributed by atoms with Gasteiger partial charge in [0.2, 0.25) is 5.16 Å². The number of aromatic nitrogens is 2. The van der Waals surface area contributed by atoms with Crippen LogP contribution < -0.4 is 5.32 Å². The van der Waals surface area contributed by atoms with Gasteiger partial charge in [-0.2, -0.15) is 0 Å². The van der Waals surface area contributed by atoms with Gasteiger partial charge in [-0.25, -0.2) is 9.97 Å². The highest BCUT2D eigenvalue weighted by atomic mass is 32.2. The lowest BCUT2D eigenvalue weighted by Gasteiger charge is -2.06. The maximum atomic E-state index is 11.9. The number of rotatable bonds is 2. The van der Waals surface area contributed by atoms with E-state index in [-0.39, 0.29) is 5.25 Å². The summed E-state index contributed by atoms with van der Waals surface area (Å²) in [5.41, 5.74) is 0.870. The van der Waals surface area contributed by atoms with Crippen LogP contribution in [0.3, 0.4) is 0 Å². The highest BCUT2D eigenvalue weighted by Gasteiger charge is 2.23. The third-order valence-corrected chi connectivity index (χ3v) is 3.83. The molecule has 1 N–H and O–H groups in total. The fourth-order valence-electron chi connectivity index (χ4n) is 1.48. The monoisotopic (exact) mass is 211 g/mol. The average Bonchev–Trinajstić information content (AvgIpc) is 2.69. The van der Waals surface area contributed by atoms with Gasteiger partial charge in [0, 0.05) is 18.4 Å². The highest BCUT2D eigenvalue weighted by Crippen LogP contribution is 2.12. The van der Waals surface area contributed by atoms with Gasteiger partial charge in [0.1, 0.15) is 0 Å². The van der Waals surface area contributed by atoms with Crippen molar-refractivity contribution in [3.63, 3.8) is 0 Å². The third kappa shape index (κ3) is 1.99. The van der Waals surface area contributed by atoms with Crippen LogP contribution in [-0.2, 0) is 10.8 Å². The smallest absolute Gasteiger partial charge is 0.218 e. The Balaban J connectivity index is 2.17. The Bertz CT molecular complexity index is 350. The van der Waals surface area contributed by atoms with E-state index in [1.54, 1.807) is 6.20 Å². The molecule has 1 aromatic rings. The second-order valence-electron chi connectivity index (χ2n) is 3.39. The van der Waals surface area contributed by atoms with Crippen molar-refractivity contribution < 1.29 is 4.21 Å². The molecule has 2 rings (SSSR count). The number of nitrogens with one attached hydrogen (secondary N) is 1. The first-order valence-electron chi connectivity index (χ1n) is 4.68. The molecule has 0 radical (unpaired) electrons. The Labute approximate surface area is 85.6 Å². The van der Waals surface area contributed by atoms with Crippen molar-refractivity contribution in [3.8, 4) is 0 Å². The predicted molar refractivity (Wildman–Crippen MR) is 54.5 cm³/mol. The van der Waals surface area contributed by atoms with Crippen molar-refractivity contribution in [1.82, 2.24) is 15.3 Å². The number of hydrogen-bond donors (Lipinski definition) is 1. The van der Waals surface area contributed by atoms with Crippen molar-refractivity contribution >= 4 is 10.8 Å². The fourth-order valence-corrected chi connectivity index (χ4v) is 2.78. The minimum atomic E-state index is -1.05.